The molecule has 2 fully saturated rings. The number of pyridine rings is 1. The van der Waals surface area contributed by atoms with Gasteiger partial charge >= 0.3 is 0 Å². The summed E-state index contributed by atoms with van der Waals surface area (Å²) in [6.45, 7) is 5.55. The summed E-state index contributed by atoms with van der Waals surface area (Å²) >= 11 is 6.18. The zero-order valence-electron chi connectivity index (χ0n) is 12.1. The fourth-order valence-electron chi connectivity index (χ4n) is 3.32. The number of hydrogen-bond acceptors (Lipinski definition) is 4. The van der Waals surface area contributed by atoms with Gasteiger partial charge in [-0.15, -0.1) is 0 Å². The monoisotopic (exact) mass is 294 g/mol. The van der Waals surface area contributed by atoms with Crippen LogP contribution in [0.3, 0.4) is 0 Å². The molecular weight excluding hydrogens is 272 g/mol. The Morgan fingerprint density at radius 2 is 2.15 bits per heavy atom. The summed E-state index contributed by atoms with van der Waals surface area (Å²) in [6.07, 6.45) is 5.77. The topological polar surface area (TPSA) is 31.4 Å². The highest BCUT2D eigenvalue weighted by molar-refractivity contribution is 6.31. The van der Waals surface area contributed by atoms with E-state index < -0.39 is 0 Å². The van der Waals surface area contributed by atoms with E-state index in [0.717, 1.165) is 36.0 Å². The van der Waals surface area contributed by atoms with Gasteiger partial charge in [-0.3, -0.25) is 4.90 Å². The van der Waals surface area contributed by atoms with Gasteiger partial charge in [0.15, 0.2) is 0 Å². The van der Waals surface area contributed by atoms with Crippen molar-refractivity contribution < 1.29 is 0 Å². The minimum atomic E-state index is 0.711. The fraction of sp³-hybridized carbons (Fsp3) is 0.667. The van der Waals surface area contributed by atoms with Crippen LogP contribution in [0.4, 0.5) is 5.82 Å². The first-order valence-corrected chi connectivity index (χ1v) is 7.94. The minimum absolute atomic E-state index is 0.711. The van der Waals surface area contributed by atoms with Crippen molar-refractivity contribution in [3.8, 4) is 0 Å². The van der Waals surface area contributed by atoms with Crippen molar-refractivity contribution in [2.45, 2.75) is 31.8 Å². The van der Waals surface area contributed by atoms with Crippen LogP contribution in [-0.2, 0) is 6.54 Å². The first kappa shape index (κ1) is 14.1. The van der Waals surface area contributed by atoms with Crippen molar-refractivity contribution in [2.24, 2.45) is 0 Å². The van der Waals surface area contributed by atoms with Crippen LogP contribution in [0.25, 0.3) is 0 Å². The second kappa shape index (κ2) is 6.29. The number of likely N-dealkylation sites (tertiary alicyclic amines) is 1. The molecule has 2 aliphatic rings. The number of nitrogens with one attached hydrogen (secondary N) is 1. The standard InChI is InChI=1S/C15H23ClN4/c1-17-9-12-8-15(18-10-14(12)16)20-7-4-13(11-20)19-5-2-3-6-19/h8,10,13,17H,2-7,9,11H2,1H3. The normalized spacial score (nSPS) is 23.7. The Morgan fingerprint density at radius 3 is 2.90 bits per heavy atom. The predicted molar refractivity (Wildman–Crippen MR) is 83.4 cm³/mol. The molecular formula is C15H23ClN4. The smallest absolute Gasteiger partial charge is 0.128 e. The van der Waals surface area contributed by atoms with Crippen LogP contribution in [0.2, 0.25) is 5.02 Å². The van der Waals surface area contributed by atoms with E-state index in [1.807, 2.05) is 7.05 Å². The molecule has 1 unspecified atom stereocenters. The molecule has 110 valence electrons. The highest BCUT2D eigenvalue weighted by Gasteiger charge is 2.29. The van der Waals surface area contributed by atoms with Crippen molar-refractivity contribution in [3.63, 3.8) is 0 Å². The van der Waals surface area contributed by atoms with E-state index >= 15 is 0 Å². The van der Waals surface area contributed by atoms with Gasteiger partial charge in [-0.1, -0.05) is 11.6 Å². The molecule has 2 saturated heterocycles. The quantitative estimate of drug-likeness (QED) is 0.922. The molecule has 4 nitrogen and oxygen atoms in total. The zero-order valence-corrected chi connectivity index (χ0v) is 12.9. The Kier molecular flexibility index (Phi) is 4.44. The second-order valence-electron chi connectivity index (χ2n) is 5.80. The van der Waals surface area contributed by atoms with Gasteiger partial charge in [-0.05, 0) is 51.0 Å². The van der Waals surface area contributed by atoms with Crippen molar-refractivity contribution >= 4 is 17.4 Å². The molecule has 0 amide bonds. The van der Waals surface area contributed by atoms with E-state index in [1.54, 1.807) is 6.20 Å². The van der Waals surface area contributed by atoms with Crippen molar-refractivity contribution in [1.29, 1.82) is 0 Å². The van der Waals surface area contributed by atoms with Gasteiger partial charge < -0.3 is 10.2 Å². The maximum Gasteiger partial charge on any atom is 0.128 e. The zero-order chi connectivity index (χ0) is 13.9. The highest BCUT2D eigenvalue weighted by Crippen LogP contribution is 2.26. The SMILES string of the molecule is CNCc1cc(N2CCC(N3CCCC3)C2)ncc1Cl. The van der Waals surface area contributed by atoms with Crippen molar-refractivity contribution in [3.05, 3.63) is 22.8 Å². The van der Waals surface area contributed by atoms with Crippen LogP contribution < -0.4 is 10.2 Å². The van der Waals surface area contributed by atoms with E-state index in [-0.39, 0.29) is 0 Å². The van der Waals surface area contributed by atoms with Gasteiger partial charge in [0, 0.05) is 31.9 Å². The summed E-state index contributed by atoms with van der Waals surface area (Å²) in [4.78, 5) is 9.56. The molecule has 1 atom stereocenters. The third-order valence-corrected chi connectivity index (χ3v) is 4.77. The van der Waals surface area contributed by atoms with Crippen LogP contribution in [0.15, 0.2) is 12.3 Å². The first-order chi connectivity index (χ1) is 9.78. The predicted octanol–water partition coefficient (Wildman–Crippen LogP) is 2.13. The minimum Gasteiger partial charge on any atom is -0.355 e. The molecule has 1 aromatic heterocycles. The third-order valence-electron chi connectivity index (χ3n) is 4.43. The van der Waals surface area contributed by atoms with Crippen LogP contribution in [0, 0.1) is 0 Å². The molecule has 0 aromatic carbocycles. The van der Waals surface area contributed by atoms with Gasteiger partial charge in [0.05, 0.1) is 5.02 Å². The van der Waals surface area contributed by atoms with Crippen LogP contribution in [-0.4, -0.2) is 49.2 Å². The molecule has 20 heavy (non-hydrogen) atoms. The molecule has 5 heteroatoms. The number of aromatic nitrogens is 1. The lowest BCUT2D eigenvalue weighted by Crippen LogP contribution is -2.35. The van der Waals surface area contributed by atoms with Crippen molar-refractivity contribution in [1.82, 2.24) is 15.2 Å². The largest absolute Gasteiger partial charge is 0.355 e. The summed E-state index contributed by atoms with van der Waals surface area (Å²) in [5.41, 5.74) is 1.13. The molecule has 1 N–H and O–H groups in total. The lowest BCUT2D eigenvalue weighted by atomic mass is 10.2. The van der Waals surface area contributed by atoms with E-state index in [1.165, 1.54) is 32.4 Å². The Labute approximate surface area is 126 Å². The van der Waals surface area contributed by atoms with Crippen molar-refractivity contribution in [2.75, 3.05) is 38.1 Å². The number of nitrogens with zero attached hydrogens (tertiary/aromatic N) is 3. The summed E-state index contributed by atoms with van der Waals surface area (Å²) in [5, 5.41) is 3.91. The number of hydrogen-bond donors (Lipinski definition) is 1. The average molecular weight is 295 g/mol. The molecule has 3 heterocycles. The van der Waals surface area contributed by atoms with Gasteiger partial charge in [0.1, 0.15) is 5.82 Å². The fourth-order valence-corrected chi connectivity index (χ4v) is 3.49. The molecule has 2 aliphatic heterocycles. The number of anilines is 1. The molecule has 3 rings (SSSR count). The van der Waals surface area contributed by atoms with Gasteiger partial charge in [-0.25, -0.2) is 4.98 Å². The second-order valence-corrected chi connectivity index (χ2v) is 6.20. The van der Waals surface area contributed by atoms with Crippen LogP contribution in [0.5, 0.6) is 0 Å². The van der Waals surface area contributed by atoms with Gasteiger partial charge in [0.25, 0.3) is 0 Å². The number of rotatable bonds is 4. The number of halogens is 1. The summed E-state index contributed by atoms with van der Waals surface area (Å²) < 4.78 is 0. The van der Waals surface area contributed by atoms with E-state index in [0.29, 0.717) is 6.04 Å². The summed E-state index contributed by atoms with van der Waals surface area (Å²) in [7, 11) is 1.94. The van der Waals surface area contributed by atoms with E-state index in [4.69, 9.17) is 11.6 Å². The Bertz CT molecular complexity index is 459. The van der Waals surface area contributed by atoms with Gasteiger partial charge in [0.2, 0.25) is 0 Å². The van der Waals surface area contributed by atoms with Gasteiger partial charge in [-0.2, -0.15) is 0 Å². The van der Waals surface area contributed by atoms with E-state index in [9.17, 15) is 0 Å². The highest BCUT2D eigenvalue weighted by atomic mass is 35.5. The molecule has 0 bridgehead atoms. The summed E-state index contributed by atoms with van der Waals surface area (Å²) in [5.74, 6) is 1.07. The molecule has 0 saturated carbocycles. The Balaban J connectivity index is 1.69. The summed E-state index contributed by atoms with van der Waals surface area (Å²) in [6, 6.07) is 2.84. The lowest BCUT2D eigenvalue weighted by molar-refractivity contribution is 0.260. The first-order valence-electron chi connectivity index (χ1n) is 7.56. The Hall–Kier alpha value is -0.840. The third kappa shape index (κ3) is 2.92. The maximum absolute atomic E-state index is 6.18. The molecule has 0 radical (unpaired) electrons. The average Bonchev–Trinajstić information content (AvgIpc) is 3.11. The maximum atomic E-state index is 6.18. The molecule has 0 aliphatic carbocycles. The Morgan fingerprint density at radius 1 is 1.35 bits per heavy atom. The molecule has 0 spiro atoms. The molecule has 1 aromatic rings. The van der Waals surface area contributed by atoms with Crippen LogP contribution >= 0.6 is 11.6 Å². The van der Waals surface area contributed by atoms with E-state index in [2.05, 4.69) is 26.2 Å². The lowest BCUT2D eigenvalue weighted by Gasteiger charge is -2.24. The van der Waals surface area contributed by atoms with Crippen LogP contribution in [0.1, 0.15) is 24.8 Å².